The summed E-state index contributed by atoms with van der Waals surface area (Å²) in [5, 5.41) is 11.7. The molecule has 0 spiro atoms. The number of hydrogen-bond acceptors (Lipinski definition) is 4. The minimum Gasteiger partial charge on any atom is -0.492 e. The first-order chi connectivity index (χ1) is 9.11. The van der Waals surface area contributed by atoms with Gasteiger partial charge in [-0.15, -0.1) is 0 Å². The van der Waals surface area contributed by atoms with Gasteiger partial charge in [0.15, 0.2) is 5.84 Å². The van der Waals surface area contributed by atoms with Crippen molar-refractivity contribution in [2.75, 3.05) is 20.2 Å². The van der Waals surface area contributed by atoms with Crippen molar-refractivity contribution in [3.8, 4) is 5.75 Å². The van der Waals surface area contributed by atoms with Crippen molar-refractivity contribution in [1.29, 1.82) is 0 Å². The normalized spacial score (nSPS) is 15.8. The number of ether oxygens (including phenoxy) is 1. The molecule has 5 heteroatoms. The number of likely N-dealkylation sites (N-methyl/N-ethyl adjacent to an activating group) is 1. The Morgan fingerprint density at radius 2 is 2.26 bits per heavy atom. The molecule has 5 nitrogen and oxygen atoms in total. The number of nitrogens with zero attached hydrogens (tertiary/aromatic N) is 2. The van der Waals surface area contributed by atoms with Gasteiger partial charge in [-0.1, -0.05) is 5.16 Å². The van der Waals surface area contributed by atoms with Crippen molar-refractivity contribution in [1.82, 2.24) is 4.90 Å². The van der Waals surface area contributed by atoms with Crippen LogP contribution in [0.4, 0.5) is 0 Å². The molecule has 104 valence electrons. The van der Waals surface area contributed by atoms with E-state index in [1.54, 1.807) is 0 Å². The first-order valence-electron chi connectivity index (χ1n) is 6.53. The van der Waals surface area contributed by atoms with E-state index in [4.69, 9.17) is 15.7 Å². The summed E-state index contributed by atoms with van der Waals surface area (Å²) in [5.74, 6) is 0.939. The molecule has 1 aromatic rings. The predicted octanol–water partition coefficient (Wildman–Crippen LogP) is 1.56. The van der Waals surface area contributed by atoms with Crippen molar-refractivity contribution in [3.05, 3.63) is 29.3 Å². The Morgan fingerprint density at radius 1 is 1.53 bits per heavy atom. The number of aryl methyl sites for hydroxylation is 1. The van der Waals surface area contributed by atoms with Gasteiger partial charge in [0.05, 0.1) is 0 Å². The van der Waals surface area contributed by atoms with E-state index in [0.717, 1.165) is 29.5 Å². The lowest BCUT2D eigenvalue weighted by molar-refractivity contribution is 0.232. The van der Waals surface area contributed by atoms with Crippen LogP contribution in [-0.4, -0.2) is 42.2 Å². The molecule has 19 heavy (non-hydrogen) atoms. The Kier molecular flexibility index (Phi) is 4.27. The molecular formula is C14H21N3O2. The lowest BCUT2D eigenvalue weighted by Crippen LogP contribution is -2.26. The van der Waals surface area contributed by atoms with E-state index >= 15 is 0 Å². The molecule has 0 radical (unpaired) electrons. The zero-order valence-corrected chi connectivity index (χ0v) is 11.5. The van der Waals surface area contributed by atoms with Crippen molar-refractivity contribution in [2.45, 2.75) is 25.8 Å². The Labute approximate surface area is 113 Å². The Bertz CT molecular complexity index is 470. The minimum atomic E-state index is 0.123. The first-order valence-corrected chi connectivity index (χ1v) is 6.53. The Morgan fingerprint density at radius 3 is 2.84 bits per heavy atom. The molecule has 0 aliphatic heterocycles. The van der Waals surface area contributed by atoms with Crippen LogP contribution in [0.15, 0.2) is 23.4 Å². The fourth-order valence-corrected chi connectivity index (χ4v) is 2.07. The molecule has 1 aliphatic rings. The second kappa shape index (κ2) is 5.93. The van der Waals surface area contributed by atoms with Crippen LogP contribution in [-0.2, 0) is 0 Å². The number of oxime groups is 1. The molecule has 0 heterocycles. The number of rotatable bonds is 6. The maximum atomic E-state index is 8.67. The van der Waals surface area contributed by atoms with Crippen LogP contribution in [0.25, 0.3) is 0 Å². The van der Waals surface area contributed by atoms with Crippen LogP contribution in [0.5, 0.6) is 5.75 Å². The zero-order valence-electron chi connectivity index (χ0n) is 11.5. The second-order valence-electron chi connectivity index (χ2n) is 5.02. The van der Waals surface area contributed by atoms with Gasteiger partial charge in [-0.25, -0.2) is 0 Å². The van der Waals surface area contributed by atoms with E-state index in [1.165, 1.54) is 12.8 Å². The van der Waals surface area contributed by atoms with Crippen LogP contribution in [0.2, 0.25) is 0 Å². The quantitative estimate of drug-likeness (QED) is 0.354. The van der Waals surface area contributed by atoms with Crippen molar-refractivity contribution < 1.29 is 9.94 Å². The molecule has 1 aromatic carbocycles. The molecule has 3 N–H and O–H groups in total. The fraction of sp³-hybridized carbons (Fsp3) is 0.500. The van der Waals surface area contributed by atoms with E-state index in [9.17, 15) is 0 Å². The van der Waals surface area contributed by atoms with Gasteiger partial charge in [-0.2, -0.15) is 0 Å². The van der Waals surface area contributed by atoms with Gasteiger partial charge in [0.25, 0.3) is 0 Å². The highest BCUT2D eigenvalue weighted by Gasteiger charge is 2.25. The van der Waals surface area contributed by atoms with Gasteiger partial charge in [0.1, 0.15) is 12.4 Å². The molecule has 0 saturated heterocycles. The third-order valence-electron chi connectivity index (χ3n) is 3.46. The van der Waals surface area contributed by atoms with E-state index < -0.39 is 0 Å². The summed E-state index contributed by atoms with van der Waals surface area (Å²) >= 11 is 0. The molecule has 0 atom stereocenters. The maximum Gasteiger partial charge on any atom is 0.170 e. The predicted molar refractivity (Wildman–Crippen MR) is 74.8 cm³/mol. The van der Waals surface area contributed by atoms with Crippen LogP contribution in [0.3, 0.4) is 0 Å². The van der Waals surface area contributed by atoms with Gasteiger partial charge >= 0.3 is 0 Å². The standard InChI is InChI=1S/C14H21N3O2/c1-10-9-12(5-6-13(10)14(15)16-18)19-8-7-17(2)11-3-4-11/h5-6,9,11,18H,3-4,7-8H2,1-2H3,(H2,15,16). The van der Waals surface area contributed by atoms with Crippen molar-refractivity contribution in [3.63, 3.8) is 0 Å². The number of hydrogen-bond donors (Lipinski definition) is 2. The summed E-state index contributed by atoms with van der Waals surface area (Å²) in [4.78, 5) is 2.33. The summed E-state index contributed by atoms with van der Waals surface area (Å²) in [6, 6.07) is 6.32. The van der Waals surface area contributed by atoms with E-state index in [1.807, 2.05) is 25.1 Å². The van der Waals surface area contributed by atoms with Gasteiger partial charge < -0.3 is 20.6 Å². The third-order valence-corrected chi connectivity index (χ3v) is 3.46. The van der Waals surface area contributed by atoms with E-state index in [2.05, 4.69) is 17.1 Å². The summed E-state index contributed by atoms with van der Waals surface area (Å²) < 4.78 is 5.72. The summed E-state index contributed by atoms with van der Waals surface area (Å²) in [6.45, 7) is 3.53. The highest BCUT2D eigenvalue weighted by atomic mass is 16.5. The summed E-state index contributed by atoms with van der Waals surface area (Å²) in [5.41, 5.74) is 7.24. The molecule has 1 saturated carbocycles. The topological polar surface area (TPSA) is 71.1 Å². The molecule has 1 fully saturated rings. The molecule has 0 amide bonds. The van der Waals surface area contributed by atoms with E-state index in [0.29, 0.717) is 6.61 Å². The molecule has 0 unspecified atom stereocenters. The van der Waals surface area contributed by atoms with Gasteiger partial charge in [0, 0.05) is 18.2 Å². The van der Waals surface area contributed by atoms with Crippen molar-refractivity contribution >= 4 is 5.84 Å². The second-order valence-corrected chi connectivity index (χ2v) is 5.02. The number of benzene rings is 1. The fourth-order valence-electron chi connectivity index (χ4n) is 2.07. The van der Waals surface area contributed by atoms with Crippen LogP contribution >= 0.6 is 0 Å². The minimum absolute atomic E-state index is 0.123. The average Bonchev–Trinajstić information content (AvgIpc) is 3.22. The molecule has 2 rings (SSSR count). The van der Waals surface area contributed by atoms with Crippen LogP contribution in [0.1, 0.15) is 24.0 Å². The Balaban J connectivity index is 1.88. The van der Waals surface area contributed by atoms with Gasteiger partial charge in [-0.3, -0.25) is 0 Å². The van der Waals surface area contributed by atoms with Gasteiger partial charge in [-0.05, 0) is 50.6 Å². The van der Waals surface area contributed by atoms with Crippen molar-refractivity contribution in [2.24, 2.45) is 10.9 Å². The third kappa shape index (κ3) is 3.61. The zero-order chi connectivity index (χ0) is 13.8. The summed E-state index contributed by atoms with van der Waals surface area (Å²) in [6.07, 6.45) is 2.62. The monoisotopic (exact) mass is 263 g/mol. The molecule has 1 aliphatic carbocycles. The smallest absolute Gasteiger partial charge is 0.170 e. The molecule has 0 aromatic heterocycles. The number of nitrogens with two attached hydrogens (primary N) is 1. The number of amidine groups is 1. The lowest BCUT2D eigenvalue weighted by atomic mass is 10.1. The first kappa shape index (κ1) is 13.7. The maximum absolute atomic E-state index is 8.67. The van der Waals surface area contributed by atoms with Crippen LogP contribution in [0, 0.1) is 6.92 Å². The van der Waals surface area contributed by atoms with Gasteiger partial charge in [0.2, 0.25) is 0 Å². The Hall–Kier alpha value is -1.75. The SMILES string of the molecule is Cc1cc(OCCN(C)C2CC2)ccc1/C(N)=N/O. The van der Waals surface area contributed by atoms with Crippen LogP contribution < -0.4 is 10.5 Å². The molecular weight excluding hydrogens is 242 g/mol. The highest BCUT2D eigenvalue weighted by molar-refractivity contribution is 5.98. The largest absolute Gasteiger partial charge is 0.492 e. The highest BCUT2D eigenvalue weighted by Crippen LogP contribution is 2.25. The average molecular weight is 263 g/mol. The summed E-state index contributed by atoms with van der Waals surface area (Å²) in [7, 11) is 2.13. The van der Waals surface area contributed by atoms with E-state index in [-0.39, 0.29) is 5.84 Å². The molecule has 0 bridgehead atoms. The lowest BCUT2D eigenvalue weighted by Gasteiger charge is -2.16.